The van der Waals surface area contributed by atoms with Crippen molar-refractivity contribution in [3.63, 3.8) is 0 Å². The predicted octanol–water partition coefficient (Wildman–Crippen LogP) is 2.64. The summed E-state index contributed by atoms with van der Waals surface area (Å²) < 4.78 is 39.7. The Morgan fingerprint density at radius 3 is 2.47 bits per heavy atom. The first kappa shape index (κ1) is 21.9. The second kappa shape index (κ2) is 8.15. The molecule has 1 aliphatic carbocycles. The van der Waals surface area contributed by atoms with Gasteiger partial charge in [-0.2, -0.15) is 25.4 Å². The maximum atomic E-state index is 13.3. The van der Waals surface area contributed by atoms with Crippen molar-refractivity contribution in [2.24, 2.45) is 5.92 Å². The van der Waals surface area contributed by atoms with Crippen LogP contribution < -0.4 is 14.2 Å². The van der Waals surface area contributed by atoms with Gasteiger partial charge in [-0.3, -0.25) is 0 Å². The molecule has 12 nitrogen and oxygen atoms in total. The van der Waals surface area contributed by atoms with Crippen LogP contribution in [0.4, 0.5) is 5.95 Å². The molecule has 174 valence electrons. The standard InChI is InChI=1S/C20H17ClN8O4S/c1-32-18-15(12-7-10(12)8-22)19(33-2)27-20(26-18)28-34(30,31)14-9-23-16-11(14)3-4-13(21)17(16)29-24-5-6-25-29/h3-6,9-10,12,23H,7H2,1-2H3,(H,26,27,28). The number of nitrogens with one attached hydrogen (secondary N) is 2. The quantitative estimate of drug-likeness (QED) is 0.388. The Morgan fingerprint density at radius 1 is 1.21 bits per heavy atom. The van der Waals surface area contributed by atoms with Crippen LogP contribution in [0.5, 0.6) is 11.8 Å². The Labute approximate surface area is 198 Å². The number of aromatic nitrogens is 6. The third-order valence-corrected chi connectivity index (χ3v) is 7.14. The van der Waals surface area contributed by atoms with E-state index in [0.717, 1.165) is 0 Å². The minimum absolute atomic E-state index is 0.0510. The third kappa shape index (κ3) is 3.57. The Kier molecular flexibility index (Phi) is 5.26. The average molecular weight is 501 g/mol. The normalized spacial score (nSPS) is 17.4. The molecule has 0 spiro atoms. The number of nitrogens with zero attached hydrogens (tertiary/aromatic N) is 6. The van der Waals surface area contributed by atoms with Crippen LogP contribution in [0.2, 0.25) is 5.02 Å². The van der Waals surface area contributed by atoms with Crippen molar-refractivity contribution in [1.29, 1.82) is 5.26 Å². The molecule has 2 atom stereocenters. The molecule has 1 saturated carbocycles. The number of rotatable bonds is 7. The first-order valence-corrected chi connectivity index (χ1v) is 11.8. The van der Waals surface area contributed by atoms with Crippen molar-refractivity contribution in [1.82, 2.24) is 29.9 Å². The molecule has 0 aliphatic heterocycles. The Balaban J connectivity index is 1.55. The van der Waals surface area contributed by atoms with Gasteiger partial charge in [-0.05, 0) is 18.6 Å². The zero-order chi connectivity index (χ0) is 24.0. The number of methoxy groups -OCH3 is 2. The van der Waals surface area contributed by atoms with Crippen LogP contribution in [0, 0.1) is 17.2 Å². The number of benzene rings is 1. The number of ether oxygens (including phenoxy) is 2. The van der Waals surface area contributed by atoms with Crippen molar-refractivity contribution in [2.45, 2.75) is 17.2 Å². The fraction of sp³-hybridized carbons (Fsp3) is 0.250. The highest BCUT2D eigenvalue weighted by atomic mass is 35.5. The summed E-state index contributed by atoms with van der Waals surface area (Å²) >= 11 is 6.33. The summed E-state index contributed by atoms with van der Waals surface area (Å²) in [4.78, 5) is 12.6. The van der Waals surface area contributed by atoms with Crippen LogP contribution in [0.3, 0.4) is 0 Å². The van der Waals surface area contributed by atoms with Gasteiger partial charge in [0.15, 0.2) is 0 Å². The molecule has 34 heavy (non-hydrogen) atoms. The molecule has 3 aromatic heterocycles. The summed E-state index contributed by atoms with van der Waals surface area (Å²) in [5.74, 6) is -0.266. The largest absolute Gasteiger partial charge is 0.481 e. The van der Waals surface area contributed by atoms with E-state index in [9.17, 15) is 13.7 Å². The minimum atomic E-state index is -4.14. The van der Waals surface area contributed by atoms with Crippen molar-refractivity contribution in [3.8, 4) is 23.5 Å². The van der Waals surface area contributed by atoms with Crippen LogP contribution in [-0.4, -0.2) is 52.6 Å². The van der Waals surface area contributed by atoms with Crippen molar-refractivity contribution in [2.75, 3.05) is 18.9 Å². The number of aromatic amines is 1. The van der Waals surface area contributed by atoms with E-state index in [2.05, 4.69) is 35.9 Å². The summed E-state index contributed by atoms with van der Waals surface area (Å²) in [7, 11) is -1.33. The van der Waals surface area contributed by atoms with E-state index in [0.29, 0.717) is 33.6 Å². The van der Waals surface area contributed by atoms with Crippen LogP contribution in [0.25, 0.3) is 16.6 Å². The zero-order valence-electron chi connectivity index (χ0n) is 17.9. The Hall–Kier alpha value is -3.89. The van der Waals surface area contributed by atoms with Gasteiger partial charge in [0.05, 0.1) is 54.7 Å². The zero-order valence-corrected chi connectivity index (χ0v) is 19.4. The highest BCUT2D eigenvalue weighted by Gasteiger charge is 2.44. The maximum absolute atomic E-state index is 13.3. The van der Waals surface area contributed by atoms with Gasteiger partial charge in [0.2, 0.25) is 17.7 Å². The van der Waals surface area contributed by atoms with Crippen LogP contribution in [0.1, 0.15) is 17.9 Å². The highest BCUT2D eigenvalue weighted by molar-refractivity contribution is 7.93. The maximum Gasteiger partial charge on any atom is 0.266 e. The fourth-order valence-electron chi connectivity index (χ4n) is 3.82. The van der Waals surface area contributed by atoms with Gasteiger partial charge in [0.1, 0.15) is 10.6 Å². The van der Waals surface area contributed by atoms with Crippen molar-refractivity contribution < 1.29 is 17.9 Å². The molecule has 0 bridgehead atoms. The average Bonchev–Trinajstić information content (AvgIpc) is 3.18. The lowest BCUT2D eigenvalue weighted by Gasteiger charge is -2.13. The van der Waals surface area contributed by atoms with Gasteiger partial charge >= 0.3 is 0 Å². The van der Waals surface area contributed by atoms with E-state index in [-0.39, 0.29) is 34.4 Å². The lowest BCUT2D eigenvalue weighted by atomic mass is 10.1. The molecule has 2 N–H and O–H groups in total. The topological polar surface area (TPSA) is 161 Å². The van der Waals surface area contributed by atoms with Gasteiger partial charge in [-0.1, -0.05) is 11.6 Å². The molecule has 0 saturated heterocycles. The number of hydrogen-bond donors (Lipinski definition) is 2. The number of sulfonamides is 1. The van der Waals surface area contributed by atoms with Crippen LogP contribution >= 0.6 is 11.6 Å². The molecular formula is C20H17ClN8O4S. The SMILES string of the molecule is COc1nc(NS(=O)(=O)c2c[nH]c3c(-n4nccn4)c(Cl)ccc23)nc(OC)c1C1CC1C#N. The molecule has 1 fully saturated rings. The number of H-pyrrole nitrogens is 1. The fourth-order valence-corrected chi connectivity index (χ4v) is 5.17. The Bertz CT molecular complexity index is 1520. The van der Waals surface area contributed by atoms with Gasteiger partial charge in [0, 0.05) is 17.5 Å². The second-order valence-corrected chi connectivity index (χ2v) is 9.51. The first-order chi connectivity index (χ1) is 16.4. The van der Waals surface area contributed by atoms with Gasteiger partial charge < -0.3 is 14.5 Å². The van der Waals surface area contributed by atoms with E-state index >= 15 is 0 Å². The molecule has 1 aromatic carbocycles. The van der Waals surface area contributed by atoms with Crippen molar-refractivity contribution in [3.05, 3.63) is 41.3 Å². The molecular weight excluding hydrogens is 484 g/mol. The molecule has 3 heterocycles. The minimum Gasteiger partial charge on any atom is -0.481 e. The predicted molar refractivity (Wildman–Crippen MR) is 121 cm³/mol. The van der Waals surface area contributed by atoms with Gasteiger partial charge in [0.25, 0.3) is 10.0 Å². The molecule has 4 aromatic rings. The van der Waals surface area contributed by atoms with Crippen molar-refractivity contribution >= 4 is 38.5 Å². The first-order valence-electron chi connectivity index (χ1n) is 9.96. The number of halogens is 1. The van der Waals surface area contributed by atoms with Crippen LogP contribution in [-0.2, 0) is 10.0 Å². The molecule has 1 aliphatic rings. The summed E-state index contributed by atoms with van der Waals surface area (Å²) in [6.07, 6.45) is 4.93. The lowest BCUT2D eigenvalue weighted by molar-refractivity contribution is 0.363. The van der Waals surface area contributed by atoms with E-state index in [1.807, 2.05) is 0 Å². The number of hydrogen-bond acceptors (Lipinski definition) is 9. The summed E-state index contributed by atoms with van der Waals surface area (Å²) in [5, 5.41) is 18.1. The van der Waals surface area contributed by atoms with Crippen LogP contribution in [0.15, 0.2) is 35.6 Å². The van der Waals surface area contributed by atoms with Gasteiger partial charge in [-0.15, -0.1) is 4.80 Å². The van der Waals surface area contributed by atoms with E-state index < -0.39 is 10.0 Å². The van der Waals surface area contributed by atoms with E-state index in [4.69, 9.17) is 21.1 Å². The Morgan fingerprint density at radius 2 is 1.88 bits per heavy atom. The molecule has 5 rings (SSSR count). The molecule has 2 unspecified atom stereocenters. The summed E-state index contributed by atoms with van der Waals surface area (Å²) in [6.45, 7) is 0. The third-order valence-electron chi connectivity index (χ3n) is 5.47. The molecule has 0 radical (unpaired) electrons. The second-order valence-electron chi connectivity index (χ2n) is 7.45. The number of fused-ring (bicyclic) bond motifs is 1. The number of nitriles is 1. The van der Waals surface area contributed by atoms with E-state index in [1.54, 1.807) is 12.1 Å². The number of anilines is 1. The smallest absolute Gasteiger partial charge is 0.266 e. The monoisotopic (exact) mass is 500 g/mol. The summed E-state index contributed by atoms with van der Waals surface area (Å²) in [5.41, 5.74) is 1.38. The van der Waals surface area contributed by atoms with E-state index in [1.165, 1.54) is 37.6 Å². The highest BCUT2D eigenvalue weighted by Crippen LogP contribution is 2.52. The molecule has 14 heteroatoms. The molecule has 0 amide bonds. The van der Waals surface area contributed by atoms with Gasteiger partial charge in [-0.25, -0.2) is 13.1 Å². The summed E-state index contributed by atoms with van der Waals surface area (Å²) in [6, 6.07) is 5.34. The lowest BCUT2D eigenvalue weighted by Crippen LogP contribution is -2.16.